The van der Waals surface area contributed by atoms with Crippen LogP contribution in [0.4, 0.5) is 16.6 Å². The Bertz CT molecular complexity index is 1600. The van der Waals surface area contributed by atoms with E-state index >= 15 is 0 Å². The molecule has 5 heterocycles. The number of ether oxygens (including phenoxy) is 1. The van der Waals surface area contributed by atoms with Crippen LogP contribution >= 0.6 is 0 Å². The van der Waals surface area contributed by atoms with Crippen molar-refractivity contribution in [2.75, 3.05) is 16.8 Å². The van der Waals surface area contributed by atoms with Crippen LogP contribution in [0.2, 0.25) is 0 Å². The number of carbonyl (C=O) groups is 1. The van der Waals surface area contributed by atoms with Gasteiger partial charge in [0.2, 0.25) is 5.95 Å². The normalized spacial score (nSPS) is 22.5. The van der Waals surface area contributed by atoms with Crippen LogP contribution in [-0.4, -0.2) is 76.1 Å². The fourth-order valence-corrected chi connectivity index (χ4v) is 6.50. The van der Waals surface area contributed by atoms with Crippen LogP contribution in [-0.2, 0) is 12.0 Å². The Kier molecular flexibility index (Phi) is 8.71. The number of anilines is 2. The smallest absolute Gasteiger partial charge is 0.320 e. The highest BCUT2D eigenvalue weighted by Crippen LogP contribution is 2.31. The molecule has 3 N–H and O–H groups in total. The van der Waals surface area contributed by atoms with Crippen LogP contribution < -0.4 is 20.3 Å². The highest BCUT2D eigenvalue weighted by Gasteiger charge is 2.29. The molecule has 4 aromatic heterocycles. The number of urea groups is 1. The van der Waals surface area contributed by atoms with Crippen molar-refractivity contribution in [3.05, 3.63) is 42.5 Å². The summed E-state index contributed by atoms with van der Waals surface area (Å²) >= 11 is 0. The maximum absolute atomic E-state index is 13.1. The first-order chi connectivity index (χ1) is 21.6. The van der Waals surface area contributed by atoms with Crippen LogP contribution in [0.5, 0.6) is 5.75 Å². The number of piperidine rings is 1. The van der Waals surface area contributed by atoms with Crippen LogP contribution in [0.1, 0.15) is 85.3 Å². The number of hydrogen-bond acceptors (Lipinski definition) is 8. The minimum absolute atomic E-state index is 0.00998. The number of nitrogens with zero attached hydrogens (tertiary/aromatic N) is 8. The van der Waals surface area contributed by atoms with Gasteiger partial charge in [-0.05, 0) is 70.9 Å². The van der Waals surface area contributed by atoms with E-state index in [-0.39, 0.29) is 30.2 Å². The molecule has 13 nitrogen and oxygen atoms in total. The van der Waals surface area contributed by atoms with E-state index in [1.54, 1.807) is 21.8 Å². The summed E-state index contributed by atoms with van der Waals surface area (Å²) in [6.45, 7) is 11.1. The van der Waals surface area contributed by atoms with Crippen molar-refractivity contribution >= 4 is 23.4 Å². The number of aliphatic hydroxyl groups is 1. The predicted octanol–water partition coefficient (Wildman–Crippen LogP) is 4.68. The van der Waals surface area contributed by atoms with E-state index in [0.717, 1.165) is 61.6 Å². The summed E-state index contributed by atoms with van der Waals surface area (Å²) in [4.78, 5) is 15.5. The molecule has 0 spiro atoms. The van der Waals surface area contributed by atoms with Gasteiger partial charge in [-0.2, -0.15) is 10.2 Å². The zero-order valence-corrected chi connectivity index (χ0v) is 27.0. The fourth-order valence-electron chi connectivity index (χ4n) is 6.50. The summed E-state index contributed by atoms with van der Waals surface area (Å²) in [6, 6.07) is 6.45. The summed E-state index contributed by atoms with van der Waals surface area (Å²) in [5.41, 5.74) is 2.17. The second-order valence-electron chi connectivity index (χ2n) is 13.6. The van der Waals surface area contributed by atoms with Gasteiger partial charge in [0.1, 0.15) is 17.3 Å². The van der Waals surface area contributed by atoms with Crippen LogP contribution in [0.3, 0.4) is 0 Å². The summed E-state index contributed by atoms with van der Waals surface area (Å²) in [6.07, 6.45) is 12.4. The number of amides is 2. The second-order valence-corrected chi connectivity index (χ2v) is 13.6. The largest absolute Gasteiger partial charge is 0.489 e. The summed E-state index contributed by atoms with van der Waals surface area (Å²) in [5, 5.41) is 33.4. The number of fused-ring (bicyclic) bond motifs is 1. The average molecular weight is 619 g/mol. The van der Waals surface area contributed by atoms with Gasteiger partial charge in [0.05, 0.1) is 43.5 Å². The lowest BCUT2D eigenvalue weighted by Gasteiger charge is -2.39. The minimum atomic E-state index is -0.268. The Morgan fingerprint density at radius 1 is 1.04 bits per heavy atom. The second kappa shape index (κ2) is 12.7. The van der Waals surface area contributed by atoms with Gasteiger partial charge in [-0.3, -0.25) is 14.4 Å². The number of aromatic nitrogens is 7. The molecule has 6 rings (SSSR count). The Morgan fingerprint density at radius 3 is 2.51 bits per heavy atom. The number of carbonyl (C=O) groups excluding carboxylic acids is 1. The molecule has 13 heteroatoms. The Morgan fingerprint density at radius 2 is 1.80 bits per heavy atom. The van der Waals surface area contributed by atoms with Gasteiger partial charge >= 0.3 is 6.03 Å². The molecule has 1 saturated carbocycles. The molecule has 1 aliphatic carbocycles. The van der Waals surface area contributed by atoms with E-state index in [9.17, 15) is 9.90 Å². The van der Waals surface area contributed by atoms with E-state index in [1.807, 2.05) is 24.4 Å². The van der Waals surface area contributed by atoms with Gasteiger partial charge in [0.25, 0.3) is 0 Å². The van der Waals surface area contributed by atoms with E-state index in [0.29, 0.717) is 30.1 Å². The summed E-state index contributed by atoms with van der Waals surface area (Å²) in [7, 11) is 0. The molecular formula is C32H46N10O3. The van der Waals surface area contributed by atoms with Crippen molar-refractivity contribution in [3.8, 4) is 11.4 Å². The van der Waals surface area contributed by atoms with Crippen LogP contribution in [0.15, 0.2) is 36.8 Å². The summed E-state index contributed by atoms with van der Waals surface area (Å²) < 4.78 is 11.8. The van der Waals surface area contributed by atoms with Crippen molar-refractivity contribution in [2.24, 2.45) is 0 Å². The molecule has 4 aromatic rings. The van der Waals surface area contributed by atoms with E-state index < -0.39 is 0 Å². The molecule has 2 atom stereocenters. The van der Waals surface area contributed by atoms with Gasteiger partial charge < -0.3 is 20.1 Å². The molecule has 45 heavy (non-hydrogen) atoms. The number of hydrogen-bond donors (Lipinski definition) is 3. The monoisotopic (exact) mass is 618 g/mol. The third-order valence-corrected chi connectivity index (χ3v) is 9.01. The lowest BCUT2D eigenvalue weighted by Crippen LogP contribution is -2.44. The van der Waals surface area contributed by atoms with Crippen molar-refractivity contribution in [2.45, 2.75) is 116 Å². The molecule has 2 fully saturated rings. The van der Waals surface area contributed by atoms with Gasteiger partial charge in [-0.15, -0.1) is 10.2 Å². The van der Waals surface area contributed by atoms with Crippen molar-refractivity contribution in [3.63, 3.8) is 0 Å². The molecule has 2 aliphatic rings. The Labute approximate surface area is 264 Å². The Hall–Kier alpha value is -4.13. The van der Waals surface area contributed by atoms with E-state index in [2.05, 4.69) is 69.8 Å². The molecule has 0 radical (unpaired) electrons. The van der Waals surface area contributed by atoms with Crippen molar-refractivity contribution < 1.29 is 14.6 Å². The molecule has 0 bridgehead atoms. The quantitative estimate of drug-likeness (QED) is 0.259. The molecule has 2 unspecified atom stereocenters. The Balaban J connectivity index is 1.06. The molecule has 2 amide bonds. The zero-order valence-electron chi connectivity index (χ0n) is 27.0. The van der Waals surface area contributed by atoms with Gasteiger partial charge in [0.15, 0.2) is 5.65 Å². The van der Waals surface area contributed by atoms with E-state index in [4.69, 9.17) is 9.84 Å². The minimum Gasteiger partial charge on any atom is -0.489 e. The number of aliphatic hydroxyl groups excluding tert-OH is 1. The molecule has 1 saturated heterocycles. The maximum atomic E-state index is 13.1. The first-order valence-corrected chi connectivity index (χ1v) is 16.2. The lowest BCUT2D eigenvalue weighted by molar-refractivity contribution is 0.140. The maximum Gasteiger partial charge on any atom is 0.320 e. The zero-order chi connectivity index (χ0) is 31.7. The van der Waals surface area contributed by atoms with Gasteiger partial charge in [-0.25, -0.2) is 9.48 Å². The van der Waals surface area contributed by atoms with Crippen molar-refractivity contribution in [1.82, 2.24) is 39.5 Å². The molecule has 242 valence electrons. The predicted molar refractivity (Wildman–Crippen MR) is 172 cm³/mol. The third-order valence-electron chi connectivity index (χ3n) is 9.01. The third kappa shape index (κ3) is 6.77. The fraction of sp³-hybridized carbons (Fsp3) is 0.594. The summed E-state index contributed by atoms with van der Waals surface area (Å²) in [5.74, 6) is 2.25. The molecular weight excluding hydrogens is 572 g/mol. The topological polar surface area (TPSA) is 140 Å². The van der Waals surface area contributed by atoms with Crippen molar-refractivity contribution in [1.29, 1.82) is 0 Å². The first-order valence-electron chi connectivity index (χ1n) is 16.2. The van der Waals surface area contributed by atoms with Gasteiger partial charge in [-0.1, -0.05) is 20.8 Å². The molecule has 0 aromatic carbocycles. The highest BCUT2D eigenvalue weighted by atomic mass is 16.5. The van der Waals surface area contributed by atoms with Crippen LogP contribution in [0, 0.1) is 0 Å². The average Bonchev–Trinajstić information content (AvgIpc) is 3.73. The van der Waals surface area contributed by atoms with Gasteiger partial charge in [0, 0.05) is 29.6 Å². The highest BCUT2D eigenvalue weighted by molar-refractivity contribution is 5.89. The first kappa shape index (κ1) is 30.9. The van der Waals surface area contributed by atoms with Crippen LogP contribution in [0.25, 0.3) is 11.3 Å². The number of nitrogens with one attached hydrogen (secondary N) is 2. The standard InChI is InChI=1S/C32H46N10O3/c1-21-7-6-8-22(2)41(21)31-37-36-28-14-13-26(20-40(28)31)45-25-11-9-23(10-12-25)34-30(44)35-29-17-27(32(3,4)5)38-42(29)24-18-33-39(19-24)15-16-43/h13-14,17-23,25,43H,6-12,15-16H2,1-5H3,(H2,34,35,44). The van der Waals surface area contributed by atoms with E-state index in [1.165, 1.54) is 6.42 Å². The lowest BCUT2D eigenvalue weighted by atomic mass is 9.92. The number of rotatable bonds is 8. The SMILES string of the molecule is CC1CCCC(C)N1c1nnc2ccc(OC3CCC(NC(=O)Nc4cc(C(C)(C)C)nn4-c4cnn(CCO)c4)CC3)cn12. The molecule has 1 aliphatic heterocycles. The number of pyridine rings is 1.